The number of rotatable bonds is 4. The van der Waals surface area contributed by atoms with Crippen LogP contribution in [-0.2, 0) is 13.0 Å². The van der Waals surface area contributed by atoms with Crippen molar-refractivity contribution in [3.63, 3.8) is 0 Å². The third-order valence-corrected chi connectivity index (χ3v) is 2.81. The summed E-state index contributed by atoms with van der Waals surface area (Å²) in [5.74, 6) is -0.760. The van der Waals surface area contributed by atoms with E-state index < -0.39 is 11.5 Å². The Bertz CT molecular complexity index is 645. The number of carbonyl (C=O) groups excluding carboxylic acids is 1. The van der Waals surface area contributed by atoms with Crippen LogP contribution < -0.4 is 11.3 Å². The van der Waals surface area contributed by atoms with Gasteiger partial charge in [0.2, 0.25) is 5.91 Å². The van der Waals surface area contributed by atoms with E-state index in [2.05, 4.69) is 5.10 Å². The van der Waals surface area contributed by atoms with Crippen LogP contribution in [0.3, 0.4) is 0 Å². The number of benzene rings is 1. The highest BCUT2D eigenvalue weighted by Crippen LogP contribution is 2.09. The quantitative estimate of drug-likeness (QED) is 0.865. The maximum atomic E-state index is 13.4. The maximum Gasteiger partial charge on any atom is 0.273 e. The first-order valence-electron chi connectivity index (χ1n) is 5.89. The molecule has 0 aliphatic heterocycles. The van der Waals surface area contributed by atoms with Crippen LogP contribution in [0.5, 0.6) is 0 Å². The zero-order valence-electron chi connectivity index (χ0n) is 10.2. The number of hydrogen-bond acceptors (Lipinski definition) is 3. The number of nitrogens with one attached hydrogen (secondary N) is 1. The molecular formula is C13H14FN3O2. The van der Waals surface area contributed by atoms with Gasteiger partial charge in [-0.25, -0.2) is 4.39 Å². The molecule has 5 nitrogen and oxygen atoms in total. The first-order chi connectivity index (χ1) is 9.11. The highest BCUT2D eigenvalue weighted by molar-refractivity contribution is 5.78. The predicted octanol–water partition coefficient (Wildman–Crippen LogP) is 1.05. The minimum Gasteiger partial charge on any atom is -0.325 e. The average molecular weight is 263 g/mol. The molecule has 2 aromatic rings. The topological polar surface area (TPSA) is 80.9 Å². The molecule has 0 spiro atoms. The summed E-state index contributed by atoms with van der Waals surface area (Å²) in [6, 6.07) is 7.53. The smallest absolute Gasteiger partial charge is 0.273 e. The summed E-state index contributed by atoms with van der Waals surface area (Å²) < 4.78 is 14.3. The van der Waals surface area contributed by atoms with Crippen molar-refractivity contribution in [1.29, 1.82) is 0 Å². The van der Waals surface area contributed by atoms with Gasteiger partial charge in [-0.1, -0.05) is 18.2 Å². The molecule has 0 saturated heterocycles. The number of H-pyrrole nitrogens is 1. The van der Waals surface area contributed by atoms with Crippen LogP contribution in [-0.4, -0.2) is 15.7 Å². The number of nitrogens with two attached hydrogens (primary N) is 1. The van der Waals surface area contributed by atoms with Gasteiger partial charge in [-0.3, -0.25) is 14.7 Å². The van der Waals surface area contributed by atoms with Gasteiger partial charge in [0.25, 0.3) is 5.56 Å². The molecule has 19 heavy (non-hydrogen) atoms. The van der Waals surface area contributed by atoms with Crippen LogP contribution in [0.15, 0.2) is 35.1 Å². The summed E-state index contributed by atoms with van der Waals surface area (Å²) in [4.78, 5) is 23.3. The molecule has 0 aliphatic rings. The Kier molecular flexibility index (Phi) is 3.91. The molecule has 0 saturated carbocycles. The SMILES string of the molecule is NCc1cc(=O)n(C(=O)CCc2ccccc2F)[nH]1. The lowest BCUT2D eigenvalue weighted by Gasteiger charge is -2.03. The minimum atomic E-state index is -0.445. The van der Waals surface area contributed by atoms with Gasteiger partial charge in [-0.15, -0.1) is 0 Å². The Hall–Kier alpha value is -2.21. The molecule has 1 aromatic carbocycles. The Labute approximate surface area is 108 Å². The fourth-order valence-electron chi connectivity index (χ4n) is 1.79. The standard InChI is InChI=1S/C13H14FN3O2/c14-11-4-2-1-3-9(11)5-6-12(18)17-13(19)7-10(8-15)16-17/h1-4,7,16H,5-6,8,15H2. The van der Waals surface area contributed by atoms with Gasteiger partial charge in [0.1, 0.15) is 5.82 Å². The van der Waals surface area contributed by atoms with Gasteiger partial charge < -0.3 is 5.73 Å². The molecule has 6 heteroatoms. The summed E-state index contributed by atoms with van der Waals surface area (Å²) in [5, 5.41) is 2.62. The van der Waals surface area contributed by atoms with Crippen molar-refractivity contribution in [2.75, 3.05) is 0 Å². The molecule has 0 aliphatic carbocycles. The van der Waals surface area contributed by atoms with E-state index in [1.165, 1.54) is 12.1 Å². The van der Waals surface area contributed by atoms with Crippen molar-refractivity contribution in [3.05, 3.63) is 57.8 Å². The first-order valence-corrected chi connectivity index (χ1v) is 5.89. The van der Waals surface area contributed by atoms with Crippen molar-refractivity contribution in [3.8, 4) is 0 Å². The number of aromatic amines is 1. The normalized spacial score (nSPS) is 10.6. The summed E-state index contributed by atoms with van der Waals surface area (Å²) in [7, 11) is 0. The van der Waals surface area contributed by atoms with Gasteiger partial charge in [-0.2, -0.15) is 4.68 Å². The fourth-order valence-corrected chi connectivity index (χ4v) is 1.79. The largest absolute Gasteiger partial charge is 0.325 e. The third kappa shape index (κ3) is 2.97. The molecule has 1 heterocycles. The Balaban J connectivity index is 2.07. The highest BCUT2D eigenvalue weighted by Gasteiger charge is 2.11. The molecule has 0 unspecified atom stereocenters. The zero-order valence-corrected chi connectivity index (χ0v) is 10.2. The van der Waals surface area contributed by atoms with Crippen LogP contribution >= 0.6 is 0 Å². The molecule has 0 atom stereocenters. The molecule has 3 N–H and O–H groups in total. The minimum absolute atomic E-state index is 0.0470. The first kappa shape index (κ1) is 13.2. The van der Waals surface area contributed by atoms with Crippen LogP contribution in [0.2, 0.25) is 0 Å². The van der Waals surface area contributed by atoms with Gasteiger partial charge >= 0.3 is 0 Å². The second-order valence-corrected chi connectivity index (χ2v) is 4.14. The fraction of sp³-hybridized carbons (Fsp3) is 0.231. The summed E-state index contributed by atoms with van der Waals surface area (Å²) in [6.45, 7) is 0.156. The predicted molar refractivity (Wildman–Crippen MR) is 68.3 cm³/mol. The molecule has 0 amide bonds. The number of nitrogens with zero attached hydrogens (tertiary/aromatic N) is 1. The monoisotopic (exact) mass is 263 g/mol. The summed E-state index contributed by atoms with van der Waals surface area (Å²) >= 11 is 0. The van der Waals surface area contributed by atoms with Crippen LogP contribution in [0, 0.1) is 5.82 Å². The van der Waals surface area contributed by atoms with Crippen LogP contribution in [0.25, 0.3) is 0 Å². The number of aryl methyl sites for hydroxylation is 1. The molecule has 1 aromatic heterocycles. The lowest BCUT2D eigenvalue weighted by atomic mass is 10.1. The van der Waals surface area contributed by atoms with Crippen molar-refractivity contribution < 1.29 is 9.18 Å². The van der Waals surface area contributed by atoms with Crippen molar-refractivity contribution in [1.82, 2.24) is 9.78 Å². The second kappa shape index (κ2) is 5.62. The molecule has 0 fully saturated rings. The van der Waals surface area contributed by atoms with Gasteiger partial charge in [0, 0.05) is 19.0 Å². The van der Waals surface area contributed by atoms with E-state index in [-0.39, 0.29) is 25.2 Å². The van der Waals surface area contributed by atoms with E-state index in [4.69, 9.17) is 5.73 Å². The molecule has 2 rings (SSSR count). The van der Waals surface area contributed by atoms with Crippen molar-refractivity contribution >= 4 is 5.91 Å². The summed E-state index contributed by atoms with van der Waals surface area (Å²) in [5.41, 5.74) is 5.87. The van der Waals surface area contributed by atoms with Crippen LogP contribution in [0.1, 0.15) is 22.5 Å². The number of halogens is 1. The van der Waals surface area contributed by atoms with E-state index >= 15 is 0 Å². The zero-order chi connectivity index (χ0) is 13.8. The average Bonchev–Trinajstić information content (AvgIpc) is 2.79. The molecule has 0 radical (unpaired) electrons. The van der Waals surface area contributed by atoms with Gasteiger partial charge in [-0.05, 0) is 18.1 Å². The van der Waals surface area contributed by atoms with Crippen molar-refractivity contribution in [2.24, 2.45) is 5.73 Å². The number of hydrogen-bond donors (Lipinski definition) is 2. The Morgan fingerprint density at radius 2 is 2.11 bits per heavy atom. The third-order valence-electron chi connectivity index (χ3n) is 2.81. The highest BCUT2D eigenvalue weighted by atomic mass is 19.1. The van der Waals surface area contributed by atoms with Gasteiger partial charge in [0.05, 0.1) is 5.69 Å². The van der Waals surface area contributed by atoms with E-state index in [9.17, 15) is 14.0 Å². The molecular weight excluding hydrogens is 249 g/mol. The summed E-state index contributed by atoms with van der Waals surface area (Å²) in [6.07, 6.45) is 0.292. The Morgan fingerprint density at radius 1 is 1.37 bits per heavy atom. The lowest BCUT2D eigenvalue weighted by molar-refractivity contribution is 0.0882. The number of carbonyl (C=O) groups is 1. The molecule has 100 valence electrons. The maximum absolute atomic E-state index is 13.4. The number of aromatic nitrogens is 2. The van der Waals surface area contributed by atoms with E-state index in [0.29, 0.717) is 11.3 Å². The molecule has 0 bridgehead atoms. The second-order valence-electron chi connectivity index (χ2n) is 4.14. The lowest BCUT2D eigenvalue weighted by Crippen LogP contribution is -2.24. The van der Waals surface area contributed by atoms with Crippen LogP contribution in [0.4, 0.5) is 4.39 Å². The van der Waals surface area contributed by atoms with E-state index in [1.807, 2.05) is 0 Å². The van der Waals surface area contributed by atoms with E-state index in [0.717, 1.165) is 4.68 Å². The van der Waals surface area contributed by atoms with E-state index in [1.54, 1.807) is 18.2 Å². The van der Waals surface area contributed by atoms with Crippen molar-refractivity contribution in [2.45, 2.75) is 19.4 Å². The Morgan fingerprint density at radius 3 is 2.74 bits per heavy atom. The van der Waals surface area contributed by atoms with Gasteiger partial charge in [0.15, 0.2) is 0 Å².